The van der Waals surface area contributed by atoms with Crippen LogP contribution < -0.4 is 9.34 Å². The average Bonchev–Trinajstić information content (AvgIpc) is 3.58. The fourth-order valence-electron chi connectivity index (χ4n) is 10.3. The minimum atomic E-state index is -1.70. The highest BCUT2D eigenvalue weighted by molar-refractivity contribution is 7.39. The first-order valence-electron chi connectivity index (χ1n) is 26.2. The number of hydrogen-bond donors (Lipinski definition) is 0. The van der Waals surface area contributed by atoms with Crippen molar-refractivity contribution in [3.8, 4) is 0 Å². The lowest BCUT2D eigenvalue weighted by molar-refractivity contribution is 0.560. The van der Waals surface area contributed by atoms with Gasteiger partial charge in [-0.25, -0.2) is 0 Å². The summed E-state index contributed by atoms with van der Waals surface area (Å²) in [6.07, 6.45) is 1.71. The van der Waals surface area contributed by atoms with Crippen LogP contribution in [0.5, 0.6) is 0 Å². The zero-order valence-electron chi connectivity index (χ0n) is 47.3. The summed E-state index contributed by atoms with van der Waals surface area (Å²) in [6, 6.07) is 30.9. The molecule has 0 fully saturated rings. The first-order chi connectivity index (χ1) is 33.6. The third-order valence-corrected chi connectivity index (χ3v) is 18.1. The first-order valence-corrected chi connectivity index (χ1v) is 28.4. The SMILES string of the molecule is Cc1cc(C(C)(C)C)c2op(N(CCCCN(c3ccccc3)p3oc4c(C(C)(C)C)cc(C)c(C)c4c4c(C)c(C)cc(C(C)(C)C)c4o3)c3ccccc3)oc3c(C(C)(C)C)cc(C)c(C)c3c2c1C. The number of nitrogens with zero attached hydrogens (tertiary/aromatic N) is 2. The highest BCUT2D eigenvalue weighted by Crippen LogP contribution is 2.50. The molecule has 0 unspecified atom stereocenters. The number of para-hydroxylation sites is 2. The summed E-state index contributed by atoms with van der Waals surface area (Å²) in [7, 11) is -3.40. The fraction of sp³-hybridized carbons (Fsp3) is 0.438. The summed E-state index contributed by atoms with van der Waals surface area (Å²) < 4.78 is 35.1. The molecule has 382 valence electrons. The molecular weight excluding hydrogens is 923 g/mol. The van der Waals surface area contributed by atoms with Crippen molar-refractivity contribution in [1.29, 1.82) is 0 Å². The molecule has 0 aliphatic heterocycles. The molecule has 2 aromatic heterocycles. The van der Waals surface area contributed by atoms with Crippen LogP contribution in [0, 0.1) is 55.4 Å². The van der Waals surface area contributed by atoms with Crippen LogP contribution in [0.2, 0.25) is 0 Å². The van der Waals surface area contributed by atoms with E-state index in [1.54, 1.807) is 0 Å². The van der Waals surface area contributed by atoms with E-state index in [0.29, 0.717) is 13.1 Å². The van der Waals surface area contributed by atoms with E-state index in [1.807, 2.05) is 0 Å². The van der Waals surface area contributed by atoms with E-state index in [0.717, 1.165) is 68.1 Å². The molecule has 72 heavy (non-hydrogen) atoms. The van der Waals surface area contributed by atoms with E-state index in [9.17, 15) is 0 Å². The highest BCUT2D eigenvalue weighted by Gasteiger charge is 2.31. The van der Waals surface area contributed by atoms with Crippen molar-refractivity contribution in [1.82, 2.24) is 0 Å². The summed E-state index contributed by atoms with van der Waals surface area (Å²) in [5.74, 6) is 0. The van der Waals surface area contributed by atoms with Crippen LogP contribution in [0.1, 0.15) is 163 Å². The van der Waals surface area contributed by atoms with Gasteiger partial charge in [-0.1, -0.05) is 144 Å². The van der Waals surface area contributed by atoms with Gasteiger partial charge < -0.3 is 16.8 Å². The molecule has 2 heterocycles. The maximum Gasteiger partial charge on any atom is 0.341 e. The van der Waals surface area contributed by atoms with Crippen molar-refractivity contribution < 1.29 is 16.8 Å². The second kappa shape index (κ2) is 19.5. The molecule has 6 nitrogen and oxygen atoms in total. The molecule has 0 radical (unpaired) electrons. The summed E-state index contributed by atoms with van der Waals surface area (Å²) in [4.78, 5) is 0. The predicted octanol–water partition coefficient (Wildman–Crippen LogP) is 20.6. The van der Waals surface area contributed by atoms with Gasteiger partial charge in [-0.3, -0.25) is 9.34 Å². The lowest BCUT2D eigenvalue weighted by Gasteiger charge is -2.25. The largest absolute Gasteiger partial charge is 0.403 e. The van der Waals surface area contributed by atoms with Crippen molar-refractivity contribution in [2.24, 2.45) is 0 Å². The second-order valence-electron chi connectivity index (χ2n) is 24.7. The van der Waals surface area contributed by atoms with Crippen molar-refractivity contribution >= 4 is 71.6 Å². The topological polar surface area (TPSA) is 59.0 Å². The van der Waals surface area contributed by atoms with E-state index < -0.39 is 16.3 Å². The Bertz CT molecular complexity index is 3020. The van der Waals surface area contributed by atoms with Gasteiger partial charge >= 0.3 is 16.3 Å². The number of anilines is 2. The van der Waals surface area contributed by atoms with Gasteiger partial charge in [0, 0.05) is 68.3 Å². The molecule has 0 N–H and O–H groups in total. The molecular formula is C64H82N2O4P2. The van der Waals surface area contributed by atoms with Crippen LogP contribution in [0.15, 0.2) is 102 Å². The number of benzene rings is 6. The van der Waals surface area contributed by atoms with Gasteiger partial charge in [-0.2, -0.15) is 0 Å². The van der Waals surface area contributed by atoms with Crippen LogP contribution in [0.25, 0.3) is 43.9 Å². The van der Waals surface area contributed by atoms with E-state index in [1.165, 1.54) is 66.8 Å². The molecule has 0 amide bonds. The maximum absolute atomic E-state index is 7.57. The third kappa shape index (κ3) is 10.0. The van der Waals surface area contributed by atoms with Crippen LogP contribution >= 0.6 is 16.3 Å². The standard InChI is InChI=1S/C64H82N2O4P2/c1-39-35-49(61(9,10)11)57-53(43(39)5)54-44(6)40(2)36-50(62(12,13)14)58(54)68-71(67-57)65(47-29-23-21-24-30-47)33-27-28-34-66(48-31-25-22-26-32-48)72-69-59-51(63(15,16)17)37-41(3)45(7)55(59)56-46(8)42(4)38-52(60(56)70-72)64(18,19)20/h21-26,29-32,35-38H,27-28,33-34H2,1-20H3. The van der Waals surface area contributed by atoms with Crippen molar-refractivity contribution in [3.63, 3.8) is 0 Å². The molecule has 0 bridgehead atoms. The van der Waals surface area contributed by atoms with Gasteiger partial charge in [0.25, 0.3) is 0 Å². The predicted molar refractivity (Wildman–Crippen MR) is 313 cm³/mol. The third-order valence-electron chi connectivity index (χ3n) is 15.1. The van der Waals surface area contributed by atoms with E-state index in [2.05, 4.69) is 233 Å². The molecule has 8 aromatic rings. The summed E-state index contributed by atoms with van der Waals surface area (Å²) in [6.45, 7) is 47.0. The minimum absolute atomic E-state index is 0.182. The average molecular weight is 1010 g/mol. The first kappa shape index (κ1) is 53.0. The van der Waals surface area contributed by atoms with Gasteiger partial charge in [0.15, 0.2) is 0 Å². The molecule has 0 saturated heterocycles. The molecule has 0 aliphatic rings. The summed E-state index contributed by atoms with van der Waals surface area (Å²) in [5.41, 5.74) is 19.9. The minimum Gasteiger partial charge on any atom is -0.403 e. The fourth-order valence-corrected chi connectivity index (χ4v) is 13.4. The highest BCUT2D eigenvalue weighted by atomic mass is 31.1. The smallest absolute Gasteiger partial charge is 0.341 e. The van der Waals surface area contributed by atoms with Gasteiger partial charge in [-0.15, -0.1) is 0 Å². The van der Waals surface area contributed by atoms with Gasteiger partial charge in [-0.05, 0) is 159 Å². The second-order valence-corrected chi connectivity index (χ2v) is 27.4. The van der Waals surface area contributed by atoms with Crippen LogP contribution in [0.4, 0.5) is 11.4 Å². The molecule has 0 aliphatic carbocycles. The molecule has 0 atom stereocenters. The zero-order valence-corrected chi connectivity index (χ0v) is 49.1. The number of hydrogen-bond acceptors (Lipinski definition) is 6. The molecule has 0 spiro atoms. The maximum atomic E-state index is 7.57. The van der Waals surface area contributed by atoms with Crippen LogP contribution in [0.3, 0.4) is 0 Å². The molecule has 6 aromatic carbocycles. The van der Waals surface area contributed by atoms with Crippen LogP contribution in [-0.2, 0) is 21.7 Å². The lowest BCUT2D eigenvalue weighted by Crippen LogP contribution is -2.19. The Balaban J connectivity index is 1.34. The summed E-state index contributed by atoms with van der Waals surface area (Å²) in [5, 5.41) is 4.64. The Hall–Kier alpha value is -5.28. The molecule has 8 heteroatoms. The van der Waals surface area contributed by atoms with Gasteiger partial charge in [0.2, 0.25) is 0 Å². The van der Waals surface area contributed by atoms with Crippen molar-refractivity contribution in [3.05, 3.63) is 152 Å². The van der Waals surface area contributed by atoms with E-state index >= 15 is 0 Å². The lowest BCUT2D eigenvalue weighted by atomic mass is 9.81. The molecule has 0 saturated carbocycles. The summed E-state index contributed by atoms with van der Waals surface area (Å²) >= 11 is 0. The quantitative estimate of drug-likeness (QED) is 0.134. The number of aryl methyl sites for hydroxylation is 8. The number of rotatable bonds is 9. The Kier molecular flexibility index (Phi) is 14.4. The molecule has 8 rings (SSSR count). The Morgan fingerprint density at radius 1 is 0.347 bits per heavy atom. The zero-order chi connectivity index (χ0) is 52.6. The normalized spacial score (nSPS) is 12.7. The van der Waals surface area contributed by atoms with E-state index in [-0.39, 0.29) is 21.7 Å². The van der Waals surface area contributed by atoms with Gasteiger partial charge in [0.1, 0.15) is 22.3 Å². The number of fused-ring (bicyclic) bond motifs is 6. The Morgan fingerprint density at radius 2 is 0.569 bits per heavy atom. The van der Waals surface area contributed by atoms with E-state index in [4.69, 9.17) is 16.8 Å². The van der Waals surface area contributed by atoms with Crippen LogP contribution in [-0.4, -0.2) is 13.1 Å². The van der Waals surface area contributed by atoms with Gasteiger partial charge in [0.05, 0.1) is 0 Å². The number of unbranched alkanes of at least 4 members (excludes halogenated alkanes) is 1. The Morgan fingerprint density at radius 3 is 0.778 bits per heavy atom. The van der Waals surface area contributed by atoms with Crippen molar-refractivity contribution in [2.45, 2.75) is 173 Å². The monoisotopic (exact) mass is 1000 g/mol. The Labute approximate surface area is 433 Å². The van der Waals surface area contributed by atoms with Crippen molar-refractivity contribution in [2.75, 3.05) is 22.4 Å².